The number of Topliss-reactive ketones (excluding diaryl/α,β-unsaturated/α-hetero) is 2. The number of hydrogen-bond donors (Lipinski definition) is 6. The zero-order chi connectivity index (χ0) is 55.7. The molecule has 0 aliphatic rings. The lowest BCUT2D eigenvalue weighted by molar-refractivity contribution is -0.155. The van der Waals surface area contributed by atoms with Crippen molar-refractivity contribution in [3.8, 4) is 5.75 Å². The van der Waals surface area contributed by atoms with Gasteiger partial charge in [0.2, 0.25) is 11.8 Å². The standard InChI is InChI=1S/C52H88N4O19/c1-51(2,3)74-47(61)17-16-44(49(63)64)56-46(60)19-24-68-28-32-72-36-37-73-33-29-69-25-21-54-48(62)42(39-12-14-40(57)15-13-39)38-41(58)18-23-67-27-31-71-35-34-70-30-26-66-22-9-11-45(59)43(53)10-7-8-20-55-50(65)75-52(4,5)6/h12-15,42-44,57H,7-11,16-38,53H2,1-6H3,(H,54,62)(H,55,65)(H,56,60)(H,63,64). The number of ketones is 2. The lowest BCUT2D eigenvalue weighted by Gasteiger charge is -2.20. The highest BCUT2D eigenvalue weighted by molar-refractivity contribution is 5.90. The quantitative estimate of drug-likeness (QED) is 0.0402. The fourth-order valence-corrected chi connectivity index (χ4v) is 6.51. The number of rotatable bonds is 46. The first-order valence-electron chi connectivity index (χ1n) is 25.9. The number of esters is 1. The second-order valence-corrected chi connectivity index (χ2v) is 19.3. The Labute approximate surface area is 442 Å². The highest BCUT2D eigenvalue weighted by Gasteiger charge is 2.25. The number of nitrogens with two attached hydrogens (primary N) is 1. The van der Waals surface area contributed by atoms with E-state index < -0.39 is 53.1 Å². The van der Waals surface area contributed by atoms with Crippen molar-refractivity contribution < 1.29 is 91.1 Å². The molecule has 23 nitrogen and oxygen atoms in total. The minimum atomic E-state index is -1.25. The van der Waals surface area contributed by atoms with Crippen molar-refractivity contribution in [3.63, 3.8) is 0 Å². The number of carbonyl (C=O) groups is 7. The highest BCUT2D eigenvalue weighted by Crippen LogP contribution is 2.23. The maximum Gasteiger partial charge on any atom is 0.407 e. The van der Waals surface area contributed by atoms with Gasteiger partial charge >= 0.3 is 18.0 Å². The van der Waals surface area contributed by atoms with Crippen LogP contribution in [0.2, 0.25) is 0 Å². The molecule has 3 atom stereocenters. The molecule has 0 saturated carbocycles. The summed E-state index contributed by atoms with van der Waals surface area (Å²) >= 11 is 0. The van der Waals surface area contributed by atoms with E-state index in [1.165, 1.54) is 12.1 Å². The molecule has 23 heteroatoms. The lowest BCUT2D eigenvalue weighted by atomic mass is 9.92. The number of aliphatic carboxylic acids is 1. The van der Waals surface area contributed by atoms with E-state index >= 15 is 0 Å². The van der Waals surface area contributed by atoms with Gasteiger partial charge in [-0.05, 0) is 91.3 Å². The van der Waals surface area contributed by atoms with Crippen LogP contribution in [0.4, 0.5) is 4.79 Å². The number of nitrogens with one attached hydrogen (secondary N) is 3. The maximum atomic E-state index is 13.2. The van der Waals surface area contributed by atoms with Crippen LogP contribution in [0.25, 0.3) is 0 Å². The lowest BCUT2D eigenvalue weighted by Crippen LogP contribution is -2.41. The molecule has 1 aromatic rings. The number of aromatic hydroxyl groups is 1. The van der Waals surface area contributed by atoms with Crippen LogP contribution < -0.4 is 21.7 Å². The molecule has 0 bridgehead atoms. The SMILES string of the molecule is CC(C)(C)OC(=O)CCC(NC(=O)CCOCCOCCOCCOCCNC(=O)C(CC(=O)CCOCCOCCOCCOCCCC(=O)C(N)CCCCNC(=O)OC(C)(C)C)c1ccc(O)cc1)C(=O)O. The molecule has 0 aliphatic carbocycles. The molecule has 0 fully saturated rings. The Morgan fingerprint density at radius 2 is 1.04 bits per heavy atom. The number of phenols is 1. The summed E-state index contributed by atoms with van der Waals surface area (Å²) in [6.45, 7) is 15.7. The normalized spacial score (nSPS) is 12.8. The van der Waals surface area contributed by atoms with Crippen LogP contribution in [0.5, 0.6) is 5.75 Å². The van der Waals surface area contributed by atoms with E-state index in [0.29, 0.717) is 97.1 Å². The van der Waals surface area contributed by atoms with Crippen LogP contribution in [0, 0.1) is 0 Å². The van der Waals surface area contributed by atoms with Crippen LogP contribution in [-0.4, -0.2) is 194 Å². The second kappa shape index (κ2) is 41.3. The molecule has 0 spiro atoms. The highest BCUT2D eigenvalue weighted by atomic mass is 16.6. The summed E-state index contributed by atoms with van der Waals surface area (Å²) in [6.07, 6.45) is 2.13. The molecule has 430 valence electrons. The third-order valence-electron chi connectivity index (χ3n) is 10.2. The Bertz CT molecular complexity index is 1760. The van der Waals surface area contributed by atoms with Gasteiger partial charge in [-0.25, -0.2) is 9.59 Å². The van der Waals surface area contributed by atoms with Gasteiger partial charge in [0.25, 0.3) is 0 Å². The van der Waals surface area contributed by atoms with Crippen molar-refractivity contribution in [1.29, 1.82) is 0 Å². The molecular weight excluding hydrogens is 985 g/mol. The summed E-state index contributed by atoms with van der Waals surface area (Å²) in [5, 5.41) is 27.0. The molecular formula is C52H88N4O19. The first kappa shape index (κ1) is 68.2. The monoisotopic (exact) mass is 1070 g/mol. The van der Waals surface area contributed by atoms with Crippen molar-refractivity contribution in [1.82, 2.24) is 16.0 Å². The molecule has 1 aromatic carbocycles. The predicted molar refractivity (Wildman–Crippen MR) is 274 cm³/mol. The smallest absolute Gasteiger partial charge is 0.407 e. The van der Waals surface area contributed by atoms with Gasteiger partial charge in [0.1, 0.15) is 34.6 Å². The summed E-state index contributed by atoms with van der Waals surface area (Å²) in [5.74, 6) is -3.59. The van der Waals surface area contributed by atoms with Gasteiger partial charge in [-0.3, -0.25) is 24.0 Å². The number of carboxylic acid groups (broad SMARTS) is 1. The van der Waals surface area contributed by atoms with Gasteiger partial charge in [0.15, 0.2) is 0 Å². The predicted octanol–water partition coefficient (Wildman–Crippen LogP) is 3.53. The van der Waals surface area contributed by atoms with Gasteiger partial charge in [-0.1, -0.05) is 12.1 Å². The number of alkyl carbamates (subject to hydrolysis) is 1. The van der Waals surface area contributed by atoms with E-state index in [9.17, 15) is 43.8 Å². The Hall–Kier alpha value is -4.85. The van der Waals surface area contributed by atoms with E-state index in [4.69, 9.17) is 53.1 Å². The van der Waals surface area contributed by atoms with Crippen molar-refractivity contribution in [2.45, 2.75) is 135 Å². The molecule has 7 N–H and O–H groups in total. The summed E-state index contributed by atoms with van der Waals surface area (Å²) in [7, 11) is 0. The number of ether oxygens (including phenoxy) is 10. The summed E-state index contributed by atoms with van der Waals surface area (Å²) in [5.41, 5.74) is 5.36. The average molecular weight is 1070 g/mol. The van der Waals surface area contributed by atoms with Crippen LogP contribution in [0.15, 0.2) is 24.3 Å². The van der Waals surface area contributed by atoms with E-state index in [1.807, 2.05) is 0 Å². The molecule has 0 saturated heterocycles. The minimum absolute atomic E-state index is 0.0136. The van der Waals surface area contributed by atoms with E-state index in [-0.39, 0.29) is 115 Å². The molecule has 3 unspecified atom stereocenters. The average Bonchev–Trinajstić information content (AvgIpc) is 3.33. The van der Waals surface area contributed by atoms with Gasteiger partial charge in [-0.2, -0.15) is 0 Å². The van der Waals surface area contributed by atoms with Crippen LogP contribution in [-0.2, 0) is 76.1 Å². The summed E-state index contributed by atoms with van der Waals surface area (Å²) in [6, 6.07) is 4.37. The number of unbranched alkanes of at least 4 members (excludes halogenated alkanes) is 1. The molecule has 75 heavy (non-hydrogen) atoms. The first-order valence-corrected chi connectivity index (χ1v) is 25.9. The Morgan fingerprint density at radius 1 is 0.547 bits per heavy atom. The van der Waals surface area contributed by atoms with Crippen molar-refractivity contribution in [2.24, 2.45) is 5.73 Å². The second-order valence-electron chi connectivity index (χ2n) is 19.3. The van der Waals surface area contributed by atoms with E-state index in [1.54, 1.807) is 53.7 Å². The topological polar surface area (TPSA) is 314 Å². The summed E-state index contributed by atoms with van der Waals surface area (Å²) < 4.78 is 54.4. The molecule has 0 radical (unpaired) electrons. The van der Waals surface area contributed by atoms with Gasteiger partial charge < -0.3 is 79.3 Å². The Kier molecular flexibility index (Phi) is 37.6. The largest absolute Gasteiger partial charge is 0.508 e. The van der Waals surface area contributed by atoms with Crippen molar-refractivity contribution in [2.75, 3.05) is 119 Å². The number of benzene rings is 1. The number of carbonyl (C=O) groups excluding carboxylic acids is 6. The zero-order valence-corrected chi connectivity index (χ0v) is 45.3. The zero-order valence-electron chi connectivity index (χ0n) is 45.3. The number of hydrogen-bond acceptors (Lipinski definition) is 19. The minimum Gasteiger partial charge on any atom is -0.508 e. The number of phenolic OH excluding ortho intramolecular Hbond substituents is 1. The molecule has 0 heterocycles. The van der Waals surface area contributed by atoms with Crippen molar-refractivity contribution in [3.05, 3.63) is 29.8 Å². The fourth-order valence-electron chi connectivity index (χ4n) is 6.51. The third-order valence-corrected chi connectivity index (χ3v) is 10.2. The van der Waals surface area contributed by atoms with Crippen LogP contribution in [0.1, 0.15) is 117 Å². The molecule has 3 amide bonds. The first-order chi connectivity index (χ1) is 35.7. The van der Waals surface area contributed by atoms with E-state index in [0.717, 1.165) is 0 Å². The van der Waals surface area contributed by atoms with Gasteiger partial charge in [-0.15, -0.1) is 0 Å². The Morgan fingerprint density at radius 3 is 1.56 bits per heavy atom. The number of amides is 3. The fraction of sp³-hybridized carbons (Fsp3) is 0.750. The van der Waals surface area contributed by atoms with Crippen LogP contribution >= 0.6 is 0 Å². The van der Waals surface area contributed by atoms with Gasteiger partial charge in [0, 0.05) is 51.8 Å². The Balaban J connectivity index is 2.09. The van der Waals surface area contributed by atoms with Crippen LogP contribution in [0.3, 0.4) is 0 Å². The molecule has 1 rings (SSSR count). The summed E-state index contributed by atoms with van der Waals surface area (Å²) in [4.78, 5) is 85.6. The molecule has 0 aliphatic heterocycles. The maximum absolute atomic E-state index is 13.2. The van der Waals surface area contributed by atoms with Gasteiger partial charge in [0.05, 0.1) is 111 Å². The number of carboxylic acids is 1. The van der Waals surface area contributed by atoms with E-state index in [2.05, 4.69) is 16.0 Å². The molecule has 0 aromatic heterocycles. The third kappa shape index (κ3) is 40.1. The van der Waals surface area contributed by atoms with Crippen molar-refractivity contribution >= 4 is 41.4 Å².